The molecule has 1 aromatic heterocycles. The first-order valence-electron chi connectivity index (χ1n) is 6.92. The molecule has 0 aliphatic heterocycles. The molecule has 0 aliphatic rings. The van der Waals surface area contributed by atoms with Crippen LogP contribution >= 0.6 is 15.9 Å². The third-order valence-corrected chi connectivity index (χ3v) is 3.19. The van der Waals surface area contributed by atoms with Crippen LogP contribution in [0.5, 0.6) is 5.75 Å². The summed E-state index contributed by atoms with van der Waals surface area (Å²) in [6.07, 6.45) is -3.80. The Morgan fingerprint density at radius 1 is 1.12 bits per heavy atom. The average molecular weight is 406 g/mol. The highest BCUT2D eigenvalue weighted by Crippen LogP contribution is 2.29. The van der Waals surface area contributed by atoms with Crippen molar-refractivity contribution < 1.29 is 27.4 Å². The number of ether oxygens (including phenoxy) is 2. The Morgan fingerprint density at radius 2 is 1.71 bits per heavy atom. The van der Waals surface area contributed by atoms with Crippen molar-refractivity contribution >= 4 is 22.0 Å². The lowest BCUT2D eigenvalue weighted by molar-refractivity contribution is -0.274. The lowest BCUT2D eigenvalue weighted by Gasteiger charge is -2.20. The van der Waals surface area contributed by atoms with E-state index in [9.17, 15) is 18.0 Å². The minimum absolute atomic E-state index is 0.333. The maximum atomic E-state index is 12.3. The summed E-state index contributed by atoms with van der Waals surface area (Å²) < 4.78 is 47.7. The largest absolute Gasteiger partial charge is 0.573 e. The van der Waals surface area contributed by atoms with Crippen LogP contribution in [-0.2, 0) is 4.74 Å². The van der Waals surface area contributed by atoms with E-state index in [4.69, 9.17) is 4.74 Å². The van der Waals surface area contributed by atoms with E-state index in [1.807, 2.05) is 0 Å². The quantitative estimate of drug-likeness (QED) is 0.652. The lowest BCUT2D eigenvalue weighted by atomic mass is 10.1. The fourth-order valence-corrected chi connectivity index (χ4v) is 2.36. The summed E-state index contributed by atoms with van der Waals surface area (Å²) in [4.78, 5) is 12.3. The normalized spacial score (nSPS) is 12.1. The SMILES string of the molecule is CC(C)(C)OC(=O)n1cc(Br)cc1-c1ccc(OC(F)(F)F)cc1. The molecule has 0 radical (unpaired) electrons. The lowest BCUT2D eigenvalue weighted by Crippen LogP contribution is -2.27. The Kier molecular flexibility index (Phi) is 4.98. The molecule has 0 atom stereocenters. The van der Waals surface area contributed by atoms with Gasteiger partial charge < -0.3 is 9.47 Å². The highest BCUT2D eigenvalue weighted by molar-refractivity contribution is 9.10. The Morgan fingerprint density at radius 3 is 2.21 bits per heavy atom. The van der Waals surface area contributed by atoms with Crippen LogP contribution < -0.4 is 4.74 Å². The maximum Gasteiger partial charge on any atom is 0.573 e. The average Bonchev–Trinajstić information content (AvgIpc) is 2.78. The van der Waals surface area contributed by atoms with Gasteiger partial charge in [-0.3, -0.25) is 4.57 Å². The van der Waals surface area contributed by atoms with E-state index in [1.165, 1.54) is 35.0 Å². The Hall–Kier alpha value is -1.96. The number of alkyl halides is 3. The summed E-state index contributed by atoms with van der Waals surface area (Å²) in [6, 6.07) is 6.91. The van der Waals surface area contributed by atoms with Gasteiger partial charge in [-0.25, -0.2) is 4.79 Å². The molecular weight excluding hydrogens is 391 g/mol. The van der Waals surface area contributed by atoms with Crippen molar-refractivity contribution in [3.05, 3.63) is 41.0 Å². The molecule has 0 unspecified atom stereocenters. The highest BCUT2D eigenvalue weighted by atomic mass is 79.9. The Labute approximate surface area is 145 Å². The summed E-state index contributed by atoms with van der Waals surface area (Å²) in [6.45, 7) is 5.23. The van der Waals surface area contributed by atoms with E-state index in [-0.39, 0.29) is 5.75 Å². The molecule has 0 spiro atoms. The first kappa shape index (κ1) is 18.4. The third-order valence-electron chi connectivity index (χ3n) is 2.76. The first-order chi connectivity index (χ1) is 10.9. The van der Waals surface area contributed by atoms with Gasteiger partial charge in [0.25, 0.3) is 0 Å². The monoisotopic (exact) mass is 405 g/mol. The first-order valence-corrected chi connectivity index (χ1v) is 7.71. The predicted molar refractivity (Wildman–Crippen MR) is 85.9 cm³/mol. The smallest absolute Gasteiger partial charge is 0.443 e. The summed E-state index contributed by atoms with van der Waals surface area (Å²) in [7, 11) is 0. The number of hydrogen-bond donors (Lipinski definition) is 0. The third kappa shape index (κ3) is 5.02. The maximum absolute atomic E-state index is 12.3. The van der Waals surface area contributed by atoms with Crippen LogP contribution in [0.3, 0.4) is 0 Å². The molecule has 0 aliphatic carbocycles. The molecule has 0 saturated heterocycles. The van der Waals surface area contributed by atoms with Crippen molar-refractivity contribution in [3.8, 4) is 17.0 Å². The number of benzene rings is 1. The fourth-order valence-electron chi connectivity index (χ4n) is 1.94. The summed E-state index contributed by atoms with van der Waals surface area (Å²) in [5.74, 6) is -0.333. The second kappa shape index (κ2) is 6.51. The number of carbonyl (C=O) groups is 1. The van der Waals surface area contributed by atoms with E-state index in [2.05, 4.69) is 20.7 Å². The Balaban J connectivity index is 2.31. The van der Waals surface area contributed by atoms with Crippen molar-refractivity contribution in [1.29, 1.82) is 0 Å². The molecule has 2 aromatic rings. The van der Waals surface area contributed by atoms with Crippen LogP contribution in [0.15, 0.2) is 41.0 Å². The number of rotatable bonds is 2. The zero-order valence-corrected chi connectivity index (χ0v) is 14.7. The molecule has 4 nitrogen and oxygen atoms in total. The van der Waals surface area contributed by atoms with Gasteiger partial charge in [0.2, 0.25) is 0 Å². The molecular formula is C16H15BrF3NO3. The van der Waals surface area contributed by atoms with Crippen molar-refractivity contribution in [2.75, 3.05) is 0 Å². The van der Waals surface area contributed by atoms with Gasteiger partial charge in [-0.05, 0) is 72.6 Å². The van der Waals surface area contributed by atoms with Gasteiger partial charge in [-0.1, -0.05) is 0 Å². The second-order valence-electron chi connectivity index (χ2n) is 5.97. The number of hydrogen-bond acceptors (Lipinski definition) is 3. The van der Waals surface area contributed by atoms with E-state index < -0.39 is 18.1 Å². The second-order valence-corrected chi connectivity index (χ2v) is 6.88. The van der Waals surface area contributed by atoms with Gasteiger partial charge in [0.1, 0.15) is 11.4 Å². The van der Waals surface area contributed by atoms with Crippen LogP contribution in [0.4, 0.5) is 18.0 Å². The minimum Gasteiger partial charge on any atom is -0.443 e. The van der Waals surface area contributed by atoms with Crippen molar-refractivity contribution in [3.63, 3.8) is 0 Å². The molecule has 0 N–H and O–H groups in total. The summed E-state index contributed by atoms with van der Waals surface area (Å²) >= 11 is 3.28. The number of nitrogens with zero attached hydrogens (tertiary/aromatic N) is 1. The van der Waals surface area contributed by atoms with Crippen molar-refractivity contribution in [2.45, 2.75) is 32.7 Å². The predicted octanol–water partition coefficient (Wildman–Crippen LogP) is 5.60. The summed E-state index contributed by atoms with van der Waals surface area (Å²) in [5, 5.41) is 0. The molecule has 8 heteroatoms. The molecule has 0 amide bonds. The van der Waals surface area contributed by atoms with Gasteiger partial charge in [0.15, 0.2) is 0 Å². The molecule has 24 heavy (non-hydrogen) atoms. The van der Waals surface area contributed by atoms with E-state index >= 15 is 0 Å². The zero-order chi connectivity index (χ0) is 18.1. The molecule has 0 fully saturated rings. The molecule has 0 saturated carbocycles. The Bertz CT molecular complexity index is 731. The van der Waals surface area contributed by atoms with Gasteiger partial charge in [-0.2, -0.15) is 0 Å². The number of carbonyl (C=O) groups excluding carboxylic acids is 1. The molecule has 2 rings (SSSR count). The van der Waals surface area contributed by atoms with Gasteiger partial charge in [-0.15, -0.1) is 13.2 Å². The van der Waals surface area contributed by atoms with E-state index in [1.54, 1.807) is 26.8 Å². The number of halogens is 4. The standard InChI is InChI=1S/C16H15BrF3NO3/c1-15(2,3)24-14(22)21-9-11(17)8-13(21)10-4-6-12(7-5-10)23-16(18,19)20/h4-9H,1-3H3. The fraction of sp³-hybridized carbons (Fsp3) is 0.312. The van der Waals surface area contributed by atoms with E-state index in [0.717, 1.165) is 0 Å². The summed E-state index contributed by atoms with van der Waals surface area (Å²) in [5.41, 5.74) is 0.353. The van der Waals surface area contributed by atoms with E-state index in [0.29, 0.717) is 15.7 Å². The van der Waals surface area contributed by atoms with Gasteiger partial charge in [0.05, 0.1) is 5.69 Å². The molecule has 130 valence electrons. The van der Waals surface area contributed by atoms with Gasteiger partial charge in [0, 0.05) is 10.7 Å². The van der Waals surface area contributed by atoms with Crippen molar-refractivity contribution in [2.24, 2.45) is 0 Å². The zero-order valence-electron chi connectivity index (χ0n) is 13.1. The number of aromatic nitrogens is 1. The van der Waals surface area contributed by atoms with Gasteiger partial charge >= 0.3 is 12.5 Å². The molecule has 1 heterocycles. The van der Waals surface area contributed by atoms with Crippen LogP contribution in [-0.4, -0.2) is 22.6 Å². The highest BCUT2D eigenvalue weighted by Gasteiger charge is 2.31. The minimum atomic E-state index is -4.75. The van der Waals surface area contributed by atoms with Crippen molar-refractivity contribution in [1.82, 2.24) is 4.57 Å². The molecule has 1 aromatic carbocycles. The topological polar surface area (TPSA) is 40.5 Å². The van der Waals surface area contributed by atoms with Crippen LogP contribution in [0.1, 0.15) is 20.8 Å². The van der Waals surface area contributed by atoms with Crippen LogP contribution in [0.25, 0.3) is 11.3 Å². The van der Waals surface area contributed by atoms with Crippen LogP contribution in [0.2, 0.25) is 0 Å². The van der Waals surface area contributed by atoms with Crippen LogP contribution in [0, 0.1) is 0 Å². The molecule has 0 bridgehead atoms.